The molecular formula is C18H18O4. The quantitative estimate of drug-likeness (QED) is 0.763. The van der Waals surface area contributed by atoms with Crippen molar-refractivity contribution in [3.8, 4) is 17.2 Å². The van der Waals surface area contributed by atoms with E-state index in [1.165, 1.54) is 0 Å². The number of hydrogen-bond donors (Lipinski definition) is 0. The summed E-state index contributed by atoms with van der Waals surface area (Å²) in [6, 6.07) is 13.7. The van der Waals surface area contributed by atoms with Gasteiger partial charge in [-0.3, -0.25) is 0 Å². The van der Waals surface area contributed by atoms with E-state index in [-0.39, 0.29) is 0 Å². The fourth-order valence-electron chi connectivity index (χ4n) is 2.17. The van der Waals surface area contributed by atoms with Crippen LogP contribution in [-0.4, -0.2) is 20.5 Å². The largest absolute Gasteiger partial charge is 0.497 e. The minimum absolute atomic E-state index is 0.296. The molecule has 0 saturated heterocycles. The summed E-state index contributed by atoms with van der Waals surface area (Å²) in [6.45, 7) is 1.40. The van der Waals surface area contributed by atoms with Gasteiger partial charge in [0.25, 0.3) is 0 Å². The average molecular weight is 298 g/mol. The van der Waals surface area contributed by atoms with Crippen LogP contribution >= 0.6 is 0 Å². The van der Waals surface area contributed by atoms with E-state index in [0.29, 0.717) is 20.0 Å². The molecule has 0 N–H and O–H groups in total. The minimum atomic E-state index is 0.296. The third-order valence-corrected chi connectivity index (χ3v) is 3.35. The van der Waals surface area contributed by atoms with Crippen molar-refractivity contribution in [1.82, 2.24) is 0 Å². The molecule has 0 unspecified atom stereocenters. The van der Waals surface area contributed by atoms with E-state index in [4.69, 9.17) is 18.9 Å². The van der Waals surface area contributed by atoms with Gasteiger partial charge in [0.1, 0.15) is 5.75 Å². The fraction of sp³-hybridized carbons (Fsp3) is 0.222. The Morgan fingerprint density at radius 3 is 2.68 bits per heavy atom. The normalized spacial score (nSPS) is 12.8. The Morgan fingerprint density at radius 2 is 1.86 bits per heavy atom. The van der Waals surface area contributed by atoms with Gasteiger partial charge in [-0.15, -0.1) is 0 Å². The molecule has 4 heteroatoms. The number of fused-ring (bicyclic) bond motifs is 1. The van der Waals surface area contributed by atoms with Gasteiger partial charge in [-0.1, -0.05) is 30.4 Å². The van der Waals surface area contributed by atoms with Gasteiger partial charge in [-0.25, -0.2) is 0 Å². The second-order valence-corrected chi connectivity index (χ2v) is 4.88. The van der Waals surface area contributed by atoms with Crippen molar-refractivity contribution in [2.45, 2.75) is 6.61 Å². The first kappa shape index (κ1) is 14.5. The molecule has 0 atom stereocenters. The summed E-state index contributed by atoms with van der Waals surface area (Å²) in [4.78, 5) is 0. The first-order valence-electron chi connectivity index (χ1n) is 7.12. The van der Waals surface area contributed by atoms with Crippen molar-refractivity contribution < 1.29 is 18.9 Å². The maximum atomic E-state index is 5.64. The van der Waals surface area contributed by atoms with Gasteiger partial charge < -0.3 is 18.9 Å². The van der Waals surface area contributed by atoms with Crippen molar-refractivity contribution in [2.75, 3.05) is 20.5 Å². The molecule has 2 aromatic carbocycles. The maximum Gasteiger partial charge on any atom is 0.231 e. The van der Waals surface area contributed by atoms with E-state index in [2.05, 4.69) is 0 Å². The lowest BCUT2D eigenvalue weighted by atomic mass is 10.2. The van der Waals surface area contributed by atoms with E-state index in [9.17, 15) is 0 Å². The summed E-state index contributed by atoms with van der Waals surface area (Å²) in [6.07, 6.45) is 4.02. The summed E-state index contributed by atoms with van der Waals surface area (Å²) in [5.74, 6) is 2.44. The van der Waals surface area contributed by atoms with Crippen LogP contribution in [0.2, 0.25) is 0 Å². The number of methoxy groups -OCH3 is 1. The Morgan fingerprint density at radius 1 is 1.05 bits per heavy atom. The molecule has 22 heavy (non-hydrogen) atoms. The second-order valence-electron chi connectivity index (χ2n) is 4.88. The summed E-state index contributed by atoms with van der Waals surface area (Å²) in [7, 11) is 1.66. The van der Waals surface area contributed by atoms with Crippen molar-refractivity contribution >= 4 is 6.08 Å². The third-order valence-electron chi connectivity index (χ3n) is 3.35. The highest BCUT2D eigenvalue weighted by Gasteiger charge is 2.12. The highest BCUT2D eigenvalue weighted by atomic mass is 16.7. The molecule has 4 nitrogen and oxygen atoms in total. The molecule has 0 amide bonds. The topological polar surface area (TPSA) is 36.9 Å². The van der Waals surface area contributed by atoms with E-state index < -0.39 is 0 Å². The highest BCUT2D eigenvalue weighted by molar-refractivity contribution is 5.50. The van der Waals surface area contributed by atoms with Gasteiger partial charge in [0, 0.05) is 0 Å². The van der Waals surface area contributed by atoms with Crippen LogP contribution in [0.25, 0.3) is 6.08 Å². The summed E-state index contributed by atoms with van der Waals surface area (Å²) in [5.41, 5.74) is 2.19. The van der Waals surface area contributed by atoms with E-state index >= 15 is 0 Å². The van der Waals surface area contributed by atoms with E-state index in [1.54, 1.807) is 7.11 Å². The molecule has 0 spiro atoms. The molecule has 0 fully saturated rings. The second kappa shape index (κ2) is 7.00. The average Bonchev–Trinajstić information content (AvgIpc) is 3.03. The zero-order valence-electron chi connectivity index (χ0n) is 12.5. The zero-order chi connectivity index (χ0) is 15.2. The Labute approximate surface area is 129 Å². The predicted molar refractivity (Wildman–Crippen MR) is 84.2 cm³/mol. The lowest BCUT2D eigenvalue weighted by Gasteiger charge is -2.03. The number of ether oxygens (including phenoxy) is 4. The number of rotatable bonds is 6. The van der Waals surface area contributed by atoms with Crippen LogP contribution in [0.15, 0.2) is 48.5 Å². The lowest BCUT2D eigenvalue weighted by molar-refractivity contribution is 0.148. The molecule has 2 aromatic rings. The van der Waals surface area contributed by atoms with Crippen LogP contribution < -0.4 is 14.2 Å². The summed E-state index contributed by atoms with van der Waals surface area (Å²) in [5, 5.41) is 0. The molecule has 0 saturated carbocycles. The van der Waals surface area contributed by atoms with Crippen molar-refractivity contribution in [3.63, 3.8) is 0 Å². The van der Waals surface area contributed by atoms with Gasteiger partial charge >= 0.3 is 0 Å². The van der Waals surface area contributed by atoms with Crippen molar-refractivity contribution in [3.05, 3.63) is 59.7 Å². The Kier molecular flexibility index (Phi) is 4.61. The predicted octanol–water partition coefficient (Wildman–Crippen LogP) is 3.65. The minimum Gasteiger partial charge on any atom is -0.497 e. The Balaban J connectivity index is 1.45. The van der Waals surface area contributed by atoms with Crippen molar-refractivity contribution in [1.29, 1.82) is 0 Å². The lowest BCUT2D eigenvalue weighted by Crippen LogP contribution is -1.93. The molecular weight excluding hydrogens is 280 g/mol. The van der Waals surface area contributed by atoms with E-state index in [0.717, 1.165) is 28.4 Å². The smallest absolute Gasteiger partial charge is 0.231 e. The van der Waals surface area contributed by atoms with Gasteiger partial charge in [0.05, 0.1) is 20.3 Å². The number of benzene rings is 2. The SMILES string of the molecule is COc1ccc(/C=C/COCc2ccc3c(c2)OCO3)cc1. The molecule has 1 aliphatic rings. The summed E-state index contributed by atoms with van der Waals surface area (Å²) < 4.78 is 21.4. The first-order valence-corrected chi connectivity index (χ1v) is 7.12. The molecule has 0 aliphatic carbocycles. The standard InChI is InChI=1S/C18H18O4/c1-19-16-7-4-14(5-8-16)3-2-10-20-12-15-6-9-17-18(11-15)22-13-21-17/h2-9,11H,10,12-13H2,1H3/b3-2+. The zero-order valence-corrected chi connectivity index (χ0v) is 12.5. The van der Waals surface area contributed by atoms with E-state index in [1.807, 2.05) is 54.6 Å². The third kappa shape index (κ3) is 3.59. The first-order chi connectivity index (χ1) is 10.8. The van der Waals surface area contributed by atoms with Crippen LogP contribution in [0.1, 0.15) is 11.1 Å². The van der Waals surface area contributed by atoms with Crippen LogP contribution in [-0.2, 0) is 11.3 Å². The Hall–Kier alpha value is -2.46. The fourth-order valence-corrected chi connectivity index (χ4v) is 2.17. The molecule has 0 bridgehead atoms. The molecule has 1 heterocycles. The van der Waals surface area contributed by atoms with Crippen LogP contribution in [0.5, 0.6) is 17.2 Å². The van der Waals surface area contributed by atoms with Crippen LogP contribution in [0.3, 0.4) is 0 Å². The molecule has 0 aromatic heterocycles. The van der Waals surface area contributed by atoms with Crippen LogP contribution in [0.4, 0.5) is 0 Å². The maximum absolute atomic E-state index is 5.64. The number of hydrogen-bond acceptors (Lipinski definition) is 4. The summed E-state index contributed by atoms with van der Waals surface area (Å²) >= 11 is 0. The van der Waals surface area contributed by atoms with Gasteiger partial charge in [-0.2, -0.15) is 0 Å². The highest BCUT2D eigenvalue weighted by Crippen LogP contribution is 2.32. The van der Waals surface area contributed by atoms with Gasteiger partial charge in [0.15, 0.2) is 11.5 Å². The van der Waals surface area contributed by atoms with Crippen LogP contribution in [0, 0.1) is 0 Å². The van der Waals surface area contributed by atoms with Gasteiger partial charge in [0.2, 0.25) is 6.79 Å². The molecule has 3 rings (SSSR count). The molecule has 0 radical (unpaired) electrons. The monoisotopic (exact) mass is 298 g/mol. The van der Waals surface area contributed by atoms with Crippen molar-refractivity contribution in [2.24, 2.45) is 0 Å². The molecule has 1 aliphatic heterocycles. The Bertz CT molecular complexity index is 647. The van der Waals surface area contributed by atoms with Gasteiger partial charge in [-0.05, 0) is 35.4 Å². The molecule has 114 valence electrons.